The number of piperazine rings is 1. The van der Waals surface area contributed by atoms with Crippen molar-refractivity contribution >= 4 is 34.8 Å². The zero-order valence-electron chi connectivity index (χ0n) is 22.9. The van der Waals surface area contributed by atoms with Gasteiger partial charge in [0.15, 0.2) is 0 Å². The second-order valence-electron chi connectivity index (χ2n) is 10.8. The molecule has 0 spiro atoms. The zero-order valence-corrected chi connectivity index (χ0v) is 22.9. The van der Waals surface area contributed by atoms with Gasteiger partial charge in [-0.05, 0) is 63.1 Å². The van der Waals surface area contributed by atoms with Crippen LogP contribution in [0.3, 0.4) is 0 Å². The summed E-state index contributed by atoms with van der Waals surface area (Å²) in [5.41, 5.74) is 10.7. The molecule has 2 atom stereocenters. The highest BCUT2D eigenvalue weighted by Crippen LogP contribution is 2.32. The molecule has 1 saturated heterocycles. The SMILES string of the molecule is C=CCNC(=O)c1cnc(Nc2ccc(N3CCN(C)CC3)cc2)nc1NC1CC=C2CCCC(C)(N)C2=N1. The number of carbonyl (C=O) groups is 1. The summed E-state index contributed by atoms with van der Waals surface area (Å²) in [6.45, 7) is 10.2. The van der Waals surface area contributed by atoms with Gasteiger partial charge in [-0.25, -0.2) is 4.98 Å². The van der Waals surface area contributed by atoms with Crippen molar-refractivity contribution in [3.63, 3.8) is 0 Å². The van der Waals surface area contributed by atoms with E-state index in [-0.39, 0.29) is 12.1 Å². The van der Waals surface area contributed by atoms with Crippen molar-refractivity contribution < 1.29 is 4.79 Å². The molecule has 3 aliphatic rings. The van der Waals surface area contributed by atoms with E-state index in [0.717, 1.165) is 56.8 Å². The second-order valence-corrected chi connectivity index (χ2v) is 10.8. The zero-order chi connectivity index (χ0) is 27.4. The molecule has 2 aliphatic heterocycles. The lowest BCUT2D eigenvalue weighted by Gasteiger charge is -2.36. The molecule has 39 heavy (non-hydrogen) atoms. The smallest absolute Gasteiger partial charge is 0.256 e. The van der Waals surface area contributed by atoms with Crippen molar-refractivity contribution in [1.29, 1.82) is 0 Å². The minimum absolute atomic E-state index is 0.276. The molecule has 1 aromatic heterocycles. The van der Waals surface area contributed by atoms with Crippen LogP contribution in [0.4, 0.5) is 23.1 Å². The normalized spacial score (nSPS) is 23.3. The summed E-state index contributed by atoms with van der Waals surface area (Å²) in [4.78, 5) is 31.7. The number of hydrogen-bond donors (Lipinski definition) is 4. The fourth-order valence-electron chi connectivity index (χ4n) is 5.32. The van der Waals surface area contributed by atoms with E-state index in [4.69, 9.17) is 15.7 Å². The summed E-state index contributed by atoms with van der Waals surface area (Å²) in [5.74, 6) is 0.538. The van der Waals surface area contributed by atoms with E-state index in [2.05, 4.69) is 62.6 Å². The maximum absolute atomic E-state index is 12.9. The molecule has 2 fully saturated rings. The Labute approximate surface area is 230 Å². The first-order valence-electron chi connectivity index (χ1n) is 13.7. The lowest BCUT2D eigenvalue weighted by Crippen LogP contribution is -2.49. The van der Waals surface area contributed by atoms with Gasteiger partial charge in [0.25, 0.3) is 5.91 Å². The molecule has 5 N–H and O–H groups in total. The summed E-state index contributed by atoms with van der Waals surface area (Å²) < 4.78 is 0. The number of nitrogens with zero attached hydrogens (tertiary/aromatic N) is 5. The summed E-state index contributed by atoms with van der Waals surface area (Å²) >= 11 is 0. The number of aliphatic imine (C=N–C) groups is 1. The molecule has 1 amide bonds. The summed E-state index contributed by atoms with van der Waals surface area (Å²) in [6.07, 6.45) is 8.79. The van der Waals surface area contributed by atoms with Crippen LogP contribution in [-0.4, -0.2) is 78.0 Å². The van der Waals surface area contributed by atoms with E-state index in [1.807, 2.05) is 19.1 Å². The molecule has 206 valence electrons. The molecule has 10 heteroatoms. The van der Waals surface area contributed by atoms with E-state index >= 15 is 0 Å². The van der Waals surface area contributed by atoms with Gasteiger partial charge in [0, 0.05) is 56.7 Å². The molecule has 1 saturated carbocycles. The largest absolute Gasteiger partial charge is 0.369 e. The van der Waals surface area contributed by atoms with Gasteiger partial charge in [0.05, 0.1) is 11.3 Å². The van der Waals surface area contributed by atoms with Gasteiger partial charge in [-0.1, -0.05) is 12.2 Å². The fourth-order valence-corrected chi connectivity index (χ4v) is 5.32. The minimum atomic E-state index is -0.455. The predicted octanol–water partition coefficient (Wildman–Crippen LogP) is 3.30. The highest BCUT2D eigenvalue weighted by atomic mass is 16.1. The highest BCUT2D eigenvalue weighted by molar-refractivity contribution is 6.08. The Morgan fingerprint density at radius 2 is 2.00 bits per heavy atom. The number of dihydropyridines is 1. The van der Waals surface area contributed by atoms with E-state index in [0.29, 0.717) is 30.3 Å². The van der Waals surface area contributed by atoms with Gasteiger partial charge < -0.3 is 31.5 Å². The second kappa shape index (κ2) is 11.5. The Balaban J connectivity index is 1.35. The molecule has 0 bridgehead atoms. The van der Waals surface area contributed by atoms with Gasteiger partial charge in [0.1, 0.15) is 17.5 Å². The van der Waals surface area contributed by atoms with E-state index in [9.17, 15) is 4.79 Å². The van der Waals surface area contributed by atoms with Crippen molar-refractivity contribution in [2.45, 2.75) is 44.3 Å². The Morgan fingerprint density at radius 1 is 1.23 bits per heavy atom. The molecule has 3 heterocycles. The lowest BCUT2D eigenvalue weighted by molar-refractivity contribution is 0.0958. The summed E-state index contributed by atoms with van der Waals surface area (Å²) in [6, 6.07) is 8.28. The third-order valence-corrected chi connectivity index (χ3v) is 7.60. The maximum atomic E-state index is 12.9. The van der Waals surface area contributed by atoms with Crippen LogP contribution in [0.25, 0.3) is 0 Å². The van der Waals surface area contributed by atoms with Gasteiger partial charge >= 0.3 is 0 Å². The maximum Gasteiger partial charge on any atom is 0.256 e. The van der Waals surface area contributed by atoms with Crippen LogP contribution in [0, 0.1) is 0 Å². The number of nitrogens with one attached hydrogen (secondary N) is 3. The number of carbonyl (C=O) groups excluding carboxylic acids is 1. The first-order chi connectivity index (χ1) is 18.8. The quantitative estimate of drug-likeness (QED) is 0.384. The Hall–Kier alpha value is -3.76. The molecule has 2 unspecified atom stereocenters. The van der Waals surface area contributed by atoms with Gasteiger partial charge in [-0.2, -0.15) is 4.98 Å². The van der Waals surface area contributed by atoms with E-state index in [1.54, 1.807) is 12.3 Å². The number of aromatic nitrogens is 2. The average Bonchev–Trinajstić information content (AvgIpc) is 2.93. The summed E-state index contributed by atoms with van der Waals surface area (Å²) in [5, 5.41) is 9.49. The lowest BCUT2D eigenvalue weighted by atomic mass is 9.77. The Morgan fingerprint density at radius 3 is 2.74 bits per heavy atom. The first-order valence-corrected chi connectivity index (χ1v) is 13.7. The predicted molar refractivity (Wildman–Crippen MR) is 158 cm³/mol. The first kappa shape index (κ1) is 26.8. The third-order valence-electron chi connectivity index (χ3n) is 7.60. The number of likely N-dealkylation sites (N-methyl/N-ethyl adjacent to an activating group) is 1. The van der Waals surface area contributed by atoms with E-state index in [1.165, 1.54) is 11.3 Å². The number of fused-ring (bicyclic) bond motifs is 1. The topological polar surface area (TPSA) is 124 Å². The number of anilines is 4. The average molecular weight is 530 g/mol. The van der Waals surface area contributed by atoms with Crippen LogP contribution < -0.4 is 26.6 Å². The Kier molecular flexibility index (Phi) is 7.94. The number of hydrogen-bond acceptors (Lipinski definition) is 9. The standard InChI is InChI=1S/C29H39N9O/c1-4-14-31-27(39)23-19-32-28(33-21-8-10-22(11-9-21)38-17-15-37(3)16-18-38)36-26(23)35-24-12-7-20-6-5-13-29(2,30)25(20)34-24/h4,7-11,19,24H,1,5-6,12-18,30H2,2-3H3,(H,31,39)(H2,32,33,35,36). The number of rotatable bonds is 8. The third kappa shape index (κ3) is 6.29. The van der Waals surface area contributed by atoms with Crippen LogP contribution >= 0.6 is 0 Å². The summed E-state index contributed by atoms with van der Waals surface area (Å²) in [7, 11) is 2.15. The highest BCUT2D eigenvalue weighted by Gasteiger charge is 2.34. The van der Waals surface area contributed by atoms with Gasteiger partial charge in [-0.3, -0.25) is 9.79 Å². The van der Waals surface area contributed by atoms with Crippen LogP contribution in [0.15, 0.2) is 59.8 Å². The molecule has 1 aliphatic carbocycles. The molecule has 2 aromatic rings. The molecular formula is C29H39N9O. The molecular weight excluding hydrogens is 490 g/mol. The number of amides is 1. The van der Waals surface area contributed by atoms with Crippen molar-refractivity contribution in [2.75, 3.05) is 55.3 Å². The van der Waals surface area contributed by atoms with Gasteiger partial charge in [0.2, 0.25) is 5.95 Å². The van der Waals surface area contributed by atoms with Crippen molar-refractivity contribution in [2.24, 2.45) is 10.7 Å². The van der Waals surface area contributed by atoms with Crippen LogP contribution in [0.2, 0.25) is 0 Å². The minimum Gasteiger partial charge on any atom is -0.369 e. The Bertz CT molecular complexity index is 1260. The monoisotopic (exact) mass is 529 g/mol. The van der Waals surface area contributed by atoms with Crippen LogP contribution in [0.5, 0.6) is 0 Å². The van der Waals surface area contributed by atoms with E-state index < -0.39 is 5.54 Å². The van der Waals surface area contributed by atoms with Crippen molar-refractivity contribution in [1.82, 2.24) is 20.2 Å². The van der Waals surface area contributed by atoms with Crippen LogP contribution in [0.1, 0.15) is 43.0 Å². The fraction of sp³-hybridized carbons (Fsp3) is 0.448. The molecule has 5 rings (SSSR count). The molecule has 10 nitrogen and oxygen atoms in total. The number of nitrogens with two attached hydrogens (primary N) is 1. The number of benzene rings is 1. The molecule has 1 aromatic carbocycles. The van der Waals surface area contributed by atoms with Gasteiger partial charge in [-0.15, -0.1) is 6.58 Å². The van der Waals surface area contributed by atoms with Crippen LogP contribution in [-0.2, 0) is 0 Å². The van der Waals surface area contributed by atoms with Crippen molar-refractivity contribution in [3.8, 4) is 0 Å². The van der Waals surface area contributed by atoms with Crippen molar-refractivity contribution in [3.05, 3.63) is 60.3 Å². The molecule has 0 radical (unpaired) electrons.